The molecule has 1 N–H and O–H groups in total. The van der Waals surface area contributed by atoms with Gasteiger partial charge in [-0.25, -0.2) is 9.78 Å². The lowest BCUT2D eigenvalue weighted by Gasteiger charge is -2.26. The zero-order chi connectivity index (χ0) is 25.6. The van der Waals surface area contributed by atoms with Crippen molar-refractivity contribution in [1.82, 2.24) is 14.5 Å². The summed E-state index contributed by atoms with van der Waals surface area (Å²) in [4.78, 5) is 40.0. The second-order valence-corrected chi connectivity index (χ2v) is 10.1. The molecule has 10 heteroatoms. The molecule has 3 aromatic rings. The minimum absolute atomic E-state index is 0.0682. The molecule has 0 saturated carbocycles. The highest BCUT2D eigenvalue weighted by atomic mass is 16.6. The summed E-state index contributed by atoms with van der Waals surface area (Å²) in [6.45, 7) is 9.28. The number of benzene rings is 1. The van der Waals surface area contributed by atoms with Gasteiger partial charge in [0.2, 0.25) is 5.95 Å². The van der Waals surface area contributed by atoms with E-state index in [1.54, 1.807) is 56.3 Å². The minimum atomic E-state index is -0.691. The zero-order valence-corrected chi connectivity index (χ0v) is 20.9. The Morgan fingerprint density at radius 1 is 1.33 bits per heavy atom. The SMILES string of the molecule is CCNc1ncc2c(n1)N1CCC[C@H]1CN(c1cn(C(=O)OC(C)(C)C)c3ccc(C#N)cc13)C2=O. The average Bonchev–Trinajstić information content (AvgIpc) is 3.43. The quantitative estimate of drug-likeness (QED) is 0.586. The highest BCUT2D eigenvalue weighted by Crippen LogP contribution is 2.37. The number of rotatable bonds is 3. The molecule has 0 unspecified atom stereocenters. The number of carbonyl (C=O) groups is 2. The van der Waals surface area contributed by atoms with Gasteiger partial charge in [-0.1, -0.05) is 0 Å². The Labute approximate surface area is 209 Å². The average molecular weight is 488 g/mol. The maximum atomic E-state index is 14.0. The second-order valence-electron chi connectivity index (χ2n) is 10.1. The van der Waals surface area contributed by atoms with E-state index in [0.29, 0.717) is 52.6 Å². The minimum Gasteiger partial charge on any atom is -0.443 e. The number of carbonyl (C=O) groups excluding carboxylic acids is 2. The normalized spacial score (nSPS) is 17.4. The van der Waals surface area contributed by atoms with Crippen LogP contribution in [0.15, 0.2) is 30.6 Å². The zero-order valence-electron chi connectivity index (χ0n) is 20.9. The Morgan fingerprint density at radius 3 is 2.86 bits per heavy atom. The standard InChI is InChI=1S/C26H29N7O3/c1-5-28-24-29-13-19-22(30-24)31-10-6-7-17(31)14-32(23(19)34)21-15-33(25(35)36-26(2,3)4)20-9-8-16(12-27)11-18(20)21/h8-9,11,13,15,17H,5-7,10,14H2,1-4H3,(H,28,29,30)/t17-/m0/s1. The molecule has 1 atom stereocenters. The molecule has 0 aliphatic carbocycles. The van der Waals surface area contributed by atoms with E-state index in [9.17, 15) is 14.9 Å². The smallest absolute Gasteiger partial charge is 0.419 e. The van der Waals surface area contributed by atoms with Crippen molar-refractivity contribution in [2.75, 3.05) is 34.8 Å². The van der Waals surface area contributed by atoms with E-state index in [1.165, 1.54) is 4.57 Å². The van der Waals surface area contributed by atoms with Crippen LogP contribution in [0.5, 0.6) is 0 Å². The molecule has 1 amide bonds. The lowest BCUT2D eigenvalue weighted by atomic mass is 10.1. The van der Waals surface area contributed by atoms with Crippen molar-refractivity contribution in [3.63, 3.8) is 0 Å². The molecule has 1 fully saturated rings. The second kappa shape index (κ2) is 8.82. The molecule has 2 aromatic heterocycles. The van der Waals surface area contributed by atoms with E-state index in [4.69, 9.17) is 4.74 Å². The number of aromatic nitrogens is 3. The van der Waals surface area contributed by atoms with Gasteiger partial charge in [0.15, 0.2) is 0 Å². The van der Waals surface area contributed by atoms with Gasteiger partial charge in [-0.15, -0.1) is 0 Å². The number of nitrogens with one attached hydrogen (secondary N) is 1. The lowest BCUT2D eigenvalue weighted by molar-refractivity contribution is 0.0544. The number of nitriles is 1. The van der Waals surface area contributed by atoms with Gasteiger partial charge in [-0.05, 0) is 58.7 Å². The van der Waals surface area contributed by atoms with E-state index < -0.39 is 11.7 Å². The summed E-state index contributed by atoms with van der Waals surface area (Å²) in [5.74, 6) is 0.876. The fourth-order valence-corrected chi connectivity index (χ4v) is 4.90. The van der Waals surface area contributed by atoms with Gasteiger partial charge < -0.3 is 19.9 Å². The Hall–Kier alpha value is -4.13. The number of nitrogens with zero attached hydrogens (tertiary/aromatic N) is 6. The van der Waals surface area contributed by atoms with Crippen molar-refractivity contribution >= 4 is 40.4 Å². The van der Waals surface area contributed by atoms with Crippen LogP contribution < -0.4 is 15.1 Å². The van der Waals surface area contributed by atoms with E-state index in [0.717, 1.165) is 19.4 Å². The summed E-state index contributed by atoms with van der Waals surface area (Å²) in [5, 5.41) is 13.3. The van der Waals surface area contributed by atoms with Crippen molar-refractivity contribution in [1.29, 1.82) is 5.26 Å². The number of hydrogen-bond acceptors (Lipinski definition) is 8. The molecule has 0 spiro atoms. The van der Waals surface area contributed by atoms with E-state index in [-0.39, 0.29) is 11.9 Å². The third-order valence-electron chi connectivity index (χ3n) is 6.42. The van der Waals surface area contributed by atoms with Crippen LogP contribution in [0.2, 0.25) is 0 Å². The van der Waals surface area contributed by atoms with Crippen molar-refractivity contribution in [2.24, 2.45) is 0 Å². The highest BCUT2D eigenvalue weighted by Gasteiger charge is 2.38. The van der Waals surface area contributed by atoms with Crippen molar-refractivity contribution in [3.8, 4) is 6.07 Å². The Morgan fingerprint density at radius 2 is 2.14 bits per heavy atom. The maximum Gasteiger partial charge on any atom is 0.419 e. The summed E-state index contributed by atoms with van der Waals surface area (Å²) in [6, 6.07) is 7.30. The van der Waals surface area contributed by atoms with Crippen LogP contribution in [0.25, 0.3) is 10.9 Å². The van der Waals surface area contributed by atoms with Gasteiger partial charge in [0.25, 0.3) is 5.91 Å². The fourth-order valence-electron chi connectivity index (χ4n) is 4.90. The molecule has 2 aliphatic heterocycles. The predicted octanol–water partition coefficient (Wildman–Crippen LogP) is 4.15. The first-order valence-corrected chi connectivity index (χ1v) is 12.2. The molecule has 186 valence electrons. The van der Waals surface area contributed by atoms with Gasteiger partial charge in [0.05, 0.1) is 22.8 Å². The molecular weight excluding hydrogens is 458 g/mol. The van der Waals surface area contributed by atoms with Gasteiger partial charge in [-0.2, -0.15) is 10.2 Å². The molecular formula is C26H29N7O3. The van der Waals surface area contributed by atoms with Gasteiger partial charge in [-0.3, -0.25) is 9.36 Å². The summed E-state index contributed by atoms with van der Waals surface area (Å²) < 4.78 is 7.03. The molecule has 10 nitrogen and oxygen atoms in total. The number of fused-ring (bicyclic) bond motifs is 4. The van der Waals surface area contributed by atoms with Crippen molar-refractivity contribution in [3.05, 3.63) is 41.7 Å². The first kappa shape index (κ1) is 23.6. The summed E-state index contributed by atoms with van der Waals surface area (Å²) in [5.41, 5.74) is 1.28. The van der Waals surface area contributed by atoms with Crippen molar-refractivity contribution in [2.45, 2.75) is 52.2 Å². The molecule has 0 bridgehead atoms. The first-order chi connectivity index (χ1) is 17.2. The number of ether oxygens (including phenoxy) is 1. The number of anilines is 3. The number of hydrogen-bond donors (Lipinski definition) is 1. The van der Waals surface area contributed by atoms with Crippen LogP contribution in [0.4, 0.5) is 22.2 Å². The maximum absolute atomic E-state index is 14.0. The summed E-state index contributed by atoms with van der Waals surface area (Å²) >= 11 is 0. The van der Waals surface area contributed by atoms with Crippen LogP contribution >= 0.6 is 0 Å². The Balaban J connectivity index is 1.66. The molecule has 4 heterocycles. The highest BCUT2D eigenvalue weighted by molar-refractivity contribution is 6.14. The lowest BCUT2D eigenvalue weighted by Crippen LogP contribution is -2.39. The van der Waals surface area contributed by atoms with Crippen LogP contribution in [0.1, 0.15) is 56.5 Å². The molecule has 36 heavy (non-hydrogen) atoms. The summed E-state index contributed by atoms with van der Waals surface area (Å²) in [6.07, 6.45) is 4.57. The van der Waals surface area contributed by atoms with Crippen LogP contribution in [-0.2, 0) is 4.74 Å². The van der Waals surface area contributed by atoms with E-state index in [2.05, 4.69) is 26.3 Å². The molecule has 1 saturated heterocycles. The molecule has 0 radical (unpaired) electrons. The first-order valence-electron chi connectivity index (χ1n) is 12.2. The van der Waals surface area contributed by atoms with Gasteiger partial charge >= 0.3 is 6.09 Å². The van der Waals surface area contributed by atoms with Crippen molar-refractivity contribution < 1.29 is 14.3 Å². The number of amides is 1. The van der Waals surface area contributed by atoms with Gasteiger partial charge in [0.1, 0.15) is 17.0 Å². The summed E-state index contributed by atoms with van der Waals surface area (Å²) in [7, 11) is 0. The monoisotopic (exact) mass is 487 g/mol. The molecule has 1 aromatic carbocycles. The van der Waals surface area contributed by atoms with Crippen LogP contribution in [0, 0.1) is 11.3 Å². The predicted molar refractivity (Wildman–Crippen MR) is 137 cm³/mol. The third-order valence-corrected chi connectivity index (χ3v) is 6.42. The van der Waals surface area contributed by atoms with Gasteiger partial charge in [0, 0.05) is 43.5 Å². The third kappa shape index (κ3) is 4.11. The van der Waals surface area contributed by atoms with E-state index in [1.807, 2.05) is 6.92 Å². The Bertz CT molecular complexity index is 1400. The van der Waals surface area contributed by atoms with E-state index >= 15 is 0 Å². The molecule has 2 aliphatic rings. The Kier molecular flexibility index (Phi) is 5.79. The van der Waals surface area contributed by atoms with Crippen LogP contribution in [0.3, 0.4) is 0 Å². The van der Waals surface area contributed by atoms with Crippen LogP contribution in [-0.4, -0.2) is 57.8 Å². The fraction of sp³-hybridized carbons (Fsp3) is 0.423. The largest absolute Gasteiger partial charge is 0.443 e. The topological polar surface area (TPSA) is 116 Å². The molecule has 5 rings (SSSR count).